The van der Waals surface area contributed by atoms with Crippen LogP contribution in [-0.2, 0) is 11.3 Å². The van der Waals surface area contributed by atoms with E-state index in [9.17, 15) is 4.79 Å². The fraction of sp³-hybridized carbons (Fsp3) is 0.391. The van der Waals surface area contributed by atoms with Gasteiger partial charge in [0.25, 0.3) is 0 Å². The number of hydrogen-bond donors (Lipinski definition) is 2. The molecule has 6 nitrogen and oxygen atoms in total. The van der Waals surface area contributed by atoms with Crippen LogP contribution in [0.5, 0.6) is 5.75 Å². The minimum atomic E-state index is 0. The molecule has 1 aliphatic heterocycles. The van der Waals surface area contributed by atoms with Gasteiger partial charge in [-0.2, -0.15) is 0 Å². The summed E-state index contributed by atoms with van der Waals surface area (Å²) in [7, 11) is 1.67. The van der Waals surface area contributed by atoms with Crippen LogP contribution in [0.1, 0.15) is 24.8 Å². The zero-order valence-corrected chi connectivity index (χ0v) is 17.9. The zero-order valence-electron chi connectivity index (χ0n) is 17.1. The molecule has 7 heteroatoms. The third-order valence-corrected chi connectivity index (χ3v) is 6.47. The number of nitrogens with one attached hydrogen (secondary N) is 2. The molecule has 0 radical (unpaired) electrons. The van der Waals surface area contributed by atoms with Crippen molar-refractivity contribution in [2.24, 2.45) is 11.3 Å². The van der Waals surface area contributed by atoms with Crippen LogP contribution < -0.4 is 15.4 Å². The van der Waals surface area contributed by atoms with Gasteiger partial charge in [-0.1, -0.05) is 24.3 Å². The summed E-state index contributed by atoms with van der Waals surface area (Å²) in [6.07, 6.45) is 3.17. The first-order valence-electron chi connectivity index (χ1n) is 10.3. The molecule has 2 aromatic carbocycles. The average Bonchev–Trinajstić information content (AvgIpc) is 3.34. The Morgan fingerprint density at radius 3 is 2.83 bits per heavy atom. The molecule has 158 valence electrons. The number of fused-ring (bicyclic) bond motifs is 1. The van der Waals surface area contributed by atoms with Gasteiger partial charge < -0.3 is 14.6 Å². The van der Waals surface area contributed by atoms with Crippen LogP contribution in [0.2, 0.25) is 0 Å². The van der Waals surface area contributed by atoms with Crippen LogP contribution in [0.4, 0.5) is 5.95 Å². The number of halogens is 1. The fourth-order valence-corrected chi connectivity index (χ4v) is 4.68. The van der Waals surface area contributed by atoms with Crippen molar-refractivity contribution in [1.82, 2.24) is 14.9 Å². The standard InChI is InChI=1S/C23H26N4O2.ClH/c1-29-17-6-4-5-16(13-17)15-27-20-8-3-2-7-19(20)25-22(27)26-21(28)18-14-23(18)9-11-24-12-10-23;/h2-8,13,18,24H,9-12,14-15H2,1H3,(H,25,26,28);1H. The Morgan fingerprint density at radius 2 is 2.03 bits per heavy atom. The molecule has 1 amide bonds. The lowest BCUT2D eigenvalue weighted by Crippen LogP contribution is -2.32. The quantitative estimate of drug-likeness (QED) is 0.650. The molecule has 3 aromatic rings. The van der Waals surface area contributed by atoms with Crippen LogP contribution in [0.15, 0.2) is 48.5 Å². The Hall–Kier alpha value is -2.57. The number of benzene rings is 2. The number of ether oxygens (including phenoxy) is 1. The van der Waals surface area contributed by atoms with Gasteiger partial charge in [0.15, 0.2) is 0 Å². The third-order valence-electron chi connectivity index (χ3n) is 6.47. The topological polar surface area (TPSA) is 68.2 Å². The molecule has 1 atom stereocenters. The Morgan fingerprint density at radius 1 is 1.23 bits per heavy atom. The van der Waals surface area contributed by atoms with E-state index in [1.54, 1.807) is 7.11 Å². The van der Waals surface area contributed by atoms with Crippen molar-refractivity contribution in [1.29, 1.82) is 0 Å². The molecule has 1 saturated heterocycles. The van der Waals surface area contributed by atoms with Crippen LogP contribution in [0.25, 0.3) is 11.0 Å². The second kappa shape index (κ2) is 8.28. The van der Waals surface area contributed by atoms with E-state index in [0.29, 0.717) is 12.5 Å². The number of methoxy groups -OCH3 is 1. The van der Waals surface area contributed by atoms with Crippen LogP contribution >= 0.6 is 12.4 Å². The van der Waals surface area contributed by atoms with Gasteiger partial charge in [-0.3, -0.25) is 10.1 Å². The maximum Gasteiger partial charge on any atom is 0.230 e. The molecule has 1 saturated carbocycles. The Balaban J connectivity index is 0.00000218. The second-order valence-electron chi connectivity index (χ2n) is 8.22. The number of para-hydroxylation sites is 2. The number of amides is 1. The van der Waals surface area contributed by atoms with Crippen molar-refractivity contribution in [2.75, 3.05) is 25.5 Å². The highest BCUT2D eigenvalue weighted by atomic mass is 35.5. The minimum absolute atomic E-state index is 0. The number of rotatable bonds is 5. The molecule has 2 heterocycles. The van der Waals surface area contributed by atoms with Crippen molar-refractivity contribution in [3.63, 3.8) is 0 Å². The van der Waals surface area contributed by atoms with Gasteiger partial charge in [0.2, 0.25) is 11.9 Å². The SMILES string of the molecule is COc1cccc(Cn2c(NC(=O)C3CC34CCNCC4)nc3ccccc32)c1.Cl. The summed E-state index contributed by atoms with van der Waals surface area (Å²) >= 11 is 0. The molecule has 2 N–H and O–H groups in total. The van der Waals surface area contributed by atoms with Gasteiger partial charge in [0.05, 0.1) is 24.7 Å². The van der Waals surface area contributed by atoms with Gasteiger partial charge in [-0.25, -0.2) is 4.98 Å². The number of carbonyl (C=O) groups excluding carboxylic acids is 1. The highest BCUT2D eigenvalue weighted by Gasteiger charge is 2.57. The van der Waals surface area contributed by atoms with Gasteiger partial charge in [-0.15, -0.1) is 12.4 Å². The molecule has 1 spiro atoms. The first-order chi connectivity index (χ1) is 14.2. The van der Waals surface area contributed by atoms with Crippen molar-refractivity contribution in [3.8, 4) is 5.75 Å². The largest absolute Gasteiger partial charge is 0.497 e. The Bertz CT molecular complexity index is 1060. The summed E-state index contributed by atoms with van der Waals surface area (Å²) in [5.74, 6) is 1.65. The number of anilines is 1. The smallest absolute Gasteiger partial charge is 0.230 e. The van der Waals surface area contributed by atoms with E-state index in [1.807, 2.05) is 42.5 Å². The van der Waals surface area contributed by atoms with Gasteiger partial charge in [0.1, 0.15) is 5.75 Å². The summed E-state index contributed by atoms with van der Waals surface area (Å²) in [6, 6.07) is 16.0. The van der Waals surface area contributed by atoms with E-state index in [-0.39, 0.29) is 29.6 Å². The first-order valence-corrected chi connectivity index (χ1v) is 10.3. The van der Waals surface area contributed by atoms with E-state index in [2.05, 4.69) is 21.3 Å². The minimum Gasteiger partial charge on any atom is -0.497 e. The normalized spacial score (nSPS) is 19.3. The summed E-state index contributed by atoms with van der Waals surface area (Å²) in [6.45, 7) is 2.64. The van der Waals surface area contributed by atoms with Gasteiger partial charge >= 0.3 is 0 Å². The number of piperidine rings is 1. The maximum atomic E-state index is 13.0. The van der Waals surface area contributed by atoms with Crippen molar-refractivity contribution in [3.05, 3.63) is 54.1 Å². The Kier molecular flexibility index (Phi) is 5.71. The Labute approximate surface area is 182 Å². The summed E-state index contributed by atoms with van der Waals surface area (Å²) in [5, 5.41) is 6.54. The molecule has 1 aromatic heterocycles. The predicted octanol–water partition coefficient (Wildman–Crippen LogP) is 3.84. The molecule has 30 heavy (non-hydrogen) atoms. The number of aromatic nitrogens is 2. The van der Waals surface area contributed by atoms with Crippen molar-refractivity contribution >= 4 is 35.3 Å². The summed E-state index contributed by atoms with van der Waals surface area (Å²) in [5.41, 5.74) is 3.21. The lowest BCUT2D eigenvalue weighted by atomic mass is 9.92. The number of carbonyl (C=O) groups is 1. The molecule has 2 aliphatic rings. The molecule has 0 bridgehead atoms. The molecule has 2 fully saturated rings. The summed E-state index contributed by atoms with van der Waals surface area (Å²) < 4.78 is 7.44. The maximum absolute atomic E-state index is 13.0. The van der Waals surface area contributed by atoms with E-state index in [0.717, 1.165) is 54.7 Å². The van der Waals surface area contributed by atoms with Crippen molar-refractivity contribution in [2.45, 2.75) is 25.8 Å². The van der Waals surface area contributed by atoms with Crippen LogP contribution in [0.3, 0.4) is 0 Å². The highest BCUT2D eigenvalue weighted by molar-refractivity contribution is 5.95. The summed E-state index contributed by atoms with van der Waals surface area (Å²) in [4.78, 5) is 17.7. The lowest BCUT2D eigenvalue weighted by Gasteiger charge is -2.23. The molecule has 1 unspecified atom stereocenters. The van der Waals surface area contributed by atoms with Crippen LogP contribution in [-0.4, -0.2) is 35.7 Å². The fourth-order valence-electron chi connectivity index (χ4n) is 4.68. The van der Waals surface area contributed by atoms with Crippen molar-refractivity contribution < 1.29 is 9.53 Å². The second-order valence-corrected chi connectivity index (χ2v) is 8.22. The predicted molar refractivity (Wildman–Crippen MR) is 120 cm³/mol. The first kappa shape index (κ1) is 20.7. The lowest BCUT2D eigenvalue weighted by molar-refractivity contribution is -0.118. The van der Waals surface area contributed by atoms with Crippen LogP contribution in [0, 0.1) is 11.3 Å². The van der Waals surface area contributed by atoms with E-state index in [1.165, 1.54) is 0 Å². The average molecular weight is 427 g/mol. The van der Waals surface area contributed by atoms with Gasteiger partial charge in [0, 0.05) is 5.92 Å². The number of nitrogens with zero attached hydrogens (tertiary/aromatic N) is 2. The number of imidazole rings is 1. The van der Waals surface area contributed by atoms with E-state index in [4.69, 9.17) is 9.72 Å². The molecule has 1 aliphatic carbocycles. The zero-order chi connectivity index (χ0) is 19.8. The number of hydrogen-bond acceptors (Lipinski definition) is 4. The van der Waals surface area contributed by atoms with E-state index >= 15 is 0 Å². The third kappa shape index (κ3) is 3.77. The van der Waals surface area contributed by atoms with Gasteiger partial charge in [-0.05, 0) is 67.6 Å². The highest BCUT2D eigenvalue weighted by Crippen LogP contribution is 2.58. The molecule has 5 rings (SSSR count). The monoisotopic (exact) mass is 426 g/mol. The molecular weight excluding hydrogens is 400 g/mol. The molecular formula is C23H27ClN4O2. The van der Waals surface area contributed by atoms with E-state index < -0.39 is 0 Å².